The van der Waals surface area contributed by atoms with Crippen LogP contribution in [0.25, 0.3) is 0 Å². The Labute approximate surface area is 114 Å². The second kappa shape index (κ2) is 7.02. The third kappa shape index (κ3) is 4.64. The van der Waals surface area contributed by atoms with Gasteiger partial charge in [-0.05, 0) is 24.6 Å². The number of benzene rings is 1. The molecule has 0 bridgehead atoms. The summed E-state index contributed by atoms with van der Waals surface area (Å²) in [6, 6.07) is 3.08. The first kappa shape index (κ1) is 16.1. The molecule has 20 heavy (non-hydrogen) atoms. The molecule has 0 aliphatic rings. The van der Waals surface area contributed by atoms with Gasteiger partial charge in [0.2, 0.25) is 0 Å². The number of alkyl halides is 3. The van der Waals surface area contributed by atoms with Crippen LogP contribution in [0, 0.1) is 0 Å². The van der Waals surface area contributed by atoms with Crippen LogP contribution in [-0.4, -0.2) is 26.2 Å². The van der Waals surface area contributed by atoms with E-state index in [0.717, 1.165) is 18.6 Å². The van der Waals surface area contributed by atoms with E-state index in [9.17, 15) is 18.0 Å². The van der Waals surface area contributed by atoms with Crippen LogP contribution in [0.4, 0.5) is 18.9 Å². The summed E-state index contributed by atoms with van der Waals surface area (Å²) >= 11 is 0. The van der Waals surface area contributed by atoms with Crippen LogP contribution in [0.5, 0.6) is 5.75 Å². The molecule has 1 aromatic carbocycles. The van der Waals surface area contributed by atoms with Gasteiger partial charge in [0.05, 0.1) is 25.0 Å². The van der Waals surface area contributed by atoms with E-state index in [2.05, 4.69) is 10.1 Å². The second-order valence-corrected chi connectivity index (χ2v) is 3.99. The maximum absolute atomic E-state index is 12.7. The van der Waals surface area contributed by atoms with E-state index in [4.69, 9.17) is 4.74 Å². The number of esters is 1. The van der Waals surface area contributed by atoms with Crippen molar-refractivity contribution in [2.75, 3.05) is 25.6 Å². The Morgan fingerprint density at radius 3 is 2.60 bits per heavy atom. The van der Waals surface area contributed by atoms with Gasteiger partial charge in [0, 0.05) is 0 Å². The lowest BCUT2D eigenvalue weighted by Crippen LogP contribution is -2.16. The summed E-state index contributed by atoms with van der Waals surface area (Å²) in [6.45, 7) is 2.02. The quantitative estimate of drug-likeness (QED) is 0.818. The van der Waals surface area contributed by atoms with Gasteiger partial charge in [0.15, 0.2) is 0 Å². The van der Waals surface area contributed by atoms with Crippen LogP contribution in [0.2, 0.25) is 0 Å². The largest absolute Gasteiger partial charge is 0.491 e. The number of hydrogen-bond donors (Lipinski definition) is 1. The molecule has 0 unspecified atom stereocenters. The molecule has 0 amide bonds. The number of anilines is 1. The molecule has 0 aliphatic heterocycles. The van der Waals surface area contributed by atoms with E-state index in [1.54, 1.807) is 0 Å². The standard InChI is InChI=1S/C13H16F3NO3/c1-3-6-20-11-5-4-9(13(14,15)16)7-10(11)17-8-12(18)19-2/h4-5,7,17H,3,6,8H2,1-2H3. The van der Waals surface area contributed by atoms with Crippen molar-refractivity contribution in [3.05, 3.63) is 23.8 Å². The van der Waals surface area contributed by atoms with Crippen LogP contribution in [-0.2, 0) is 15.7 Å². The molecule has 0 radical (unpaired) electrons. The molecule has 0 atom stereocenters. The summed E-state index contributed by atoms with van der Waals surface area (Å²) in [6.07, 6.45) is -3.73. The summed E-state index contributed by atoms with van der Waals surface area (Å²) in [4.78, 5) is 11.0. The van der Waals surface area contributed by atoms with Crippen molar-refractivity contribution < 1.29 is 27.4 Å². The lowest BCUT2D eigenvalue weighted by Gasteiger charge is -2.15. The summed E-state index contributed by atoms with van der Waals surface area (Å²) in [7, 11) is 1.20. The van der Waals surface area contributed by atoms with E-state index in [-0.39, 0.29) is 18.0 Å². The van der Waals surface area contributed by atoms with Gasteiger partial charge >= 0.3 is 12.1 Å². The summed E-state index contributed by atoms with van der Waals surface area (Å²) < 4.78 is 47.7. The number of hydrogen-bond acceptors (Lipinski definition) is 4. The Morgan fingerprint density at radius 2 is 2.05 bits per heavy atom. The molecule has 0 saturated carbocycles. The molecule has 0 spiro atoms. The highest BCUT2D eigenvalue weighted by Crippen LogP contribution is 2.35. The van der Waals surface area contributed by atoms with Crippen molar-refractivity contribution in [3.8, 4) is 5.75 Å². The Balaban J connectivity index is 2.96. The van der Waals surface area contributed by atoms with Crippen LogP contribution < -0.4 is 10.1 Å². The van der Waals surface area contributed by atoms with E-state index in [1.165, 1.54) is 13.2 Å². The fourth-order valence-electron chi connectivity index (χ4n) is 1.42. The first-order chi connectivity index (χ1) is 9.38. The maximum Gasteiger partial charge on any atom is 0.416 e. The fraction of sp³-hybridized carbons (Fsp3) is 0.462. The second-order valence-electron chi connectivity index (χ2n) is 3.99. The molecule has 7 heteroatoms. The van der Waals surface area contributed by atoms with Gasteiger partial charge in [0.25, 0.3) is 0 Å². The molecule has 0 aromatic heterocycles. The van der Waals surface area contributed by atoms with Gasteiger partial charge in [-0.2, -0.15) is 13.2 Å². The molecular weight excluding hydrogens is 275 g/mol. The van der Waals surface area contributed by atoms with Gasteiger partial charge < -0.3 is 14.8 Å². The number of carbonyl (C=O) groups is 1. The molecule has 1 aromatic rings. The van der Waals surface area contributed by atoms with Crippen LogP contribution in [0.15, 0.2) is 18.2 Å². The van der Waals surface area contributed by atoms with Gasteiger partial charge in [-0.25, -0.2) is 0 Å². The van der Waals surface area contributed by atoms with Crippen LogP contribution >= 0.6 is 0 Å². The van der Waals surface area contributed by atoms with Gasteiger partial charge in [0.1, 0.15) is 12.3 Å². The normalized spacial score (nSPS) is 11.1. The molecule has 112 valence electrons. The molecule has 0 saturated heterocycles. The Morgan fingerprint density at radius 1 is 1.35 bits per heavy atom. The van der Waals surface area contributed by atoms with Crippen molar-refractivity contribution in [1.29, 1.82) is 0 Å². The Hall–Kier alpha value is -1.92. The van der Waals surface area contributed by atoms with Crippen molar-refractivity contribution in [2.45, 2.75) is 19.5 Å². The highest BCUT2D eigenvalue weighted by atomic mass is 19.4. The average Bonchev–Trinajstić information content (AvgIpc) is 2.41. The Bertz CT molecular complexity index is 461. The van der Waals surface area contributed by atoms with Gasteiger partial charge in [-0.15, -0.1) is 0 Å². The first-order valence-electron chi connectivity index (χ1n) is 6.03. The zero-order chi connectivity index (χ0) is 15.2. The van der Waals surface area contributed by atoms with Crippen LogP contribution in [0.3, 0.4) is 0 Å². The number of methoxy groups -OCH3 is 1. The Kier molecular flexibility index (Phi) is 5.66. The number of ether oxygens (including phenoxy) is 2. The minimum atomic E-state index is -4.45. The summed E-state index contributed by atoms with van der Waals surface area (Å²) in [5.74, 6) is -0.312. The van der Waals surface area contributed by atoms with E-state index < -0.39 is 17.7 Å². The van der Waals surface area contributed by atoms with Crippen molar-refractivity contribution in [1.82, 2.24) is 0 Å². The third-order valence-electron chi connectivity index (χ3n) is 2.42. The summed E-state index contributed by atoms with van der Waals surface area (Å²) in [5, 5.41) is 2.59. The highest BCUT2D eigenvalue weighted by Gasteiger charge is 2.31. The fourth-order valence-corrected chi connectivity index (χ4v) is 1.42. The molecule has 0 heterocycles. The lowest BCUT2D eigenvalue weighted by atomic mass is 10.1. The van der Waals surface area contributed by atoms with Gasteiger partial charge in [-0.3, -0.25) is 4.79 Å². The molecular formula is C13H16F3NO3. The average molecular weight is 291 g/mol. The first-order valence-corrected chi connectivity index (χ1v) is 6.03. The molecule has 0 fully saturated rings. The molecule has 1 rings (SSSR count). The monoisotopic (exact) mass is 291 g/mol. The van der Waals surface area contributed by atoms with E-state index in [0.29, 0.717) is 6.61 Å². The highest BCUT2D eigenvalue weighted by molar-refractivity contribution is 5.76. The predicted molar refractivity (Wildman–Crippen MR) is 67.7 cm³/mol. The number of carbonyl (C=O) groups excluding carboxylic acids is 1. The van der Waals surface area contributed by atoms with E-state index in [1.807, 2.05) is 6.92 Å². The van der Waals surface area contributed by atoms with Crippen molar-refractivity contribution in [2.24, 2.45) is 0 Å². The SMILES string of the molecule is CCCOc1ccc(C(F)(F)F)cc1NCC(=O)OC. The number of halogens is 3. The smallest absolute Gasteiger partial charge is 0.416 e. The van der Waals surface area contributed by atoms with Crippen molar-refractivity contribution >= 4 is 11.7 Å². The zero-order valence-corrected chi connectivity index (χ0v) is 11.2. The number of rotatable bonds is 6. The van der Waals surface area contributed by atoms with E-state index >= 15 is 0 Å². The zero-order valence-electron chi connectivity index (χ0n) is 11.2. The summed E-state index contributed by atoms with van der Waals surface area (Å²) in [5.41, 5.74) is -0.701. The maximum atomic E-state index is 12.7. The predicted octanol–water partition coefficient (Wildman–Crippen LogP) is 3.08. The van der Waals surface area contributed by atoms with Crippen LogP contribution in [0.1, 0.15) is 18.9 Å². The lowest BCUT2D eigenvalue weighted by molar-refractivity contribution is -0.138. The topological polar surface area (TPSA) is 47.6 Å². The molecule has 4 nitrogen and oxygen atoms in total. The van der Waals surface area contributed by atoms with Crippen molar-refractivity contribution in [3.63, 3.8) is 0 Å². The van der Waals surface area contributed by atoms with Gasteiger partial charge in [-0.1, -0.05) is 6.92 Å². The minimum Gasteiger partial charge on any atom is -0.491 e. The minimum absolute atomic E-state index is 0.110. The molecule has 1 N–H and O–H groups in total. The number of nitrogens with one attached hydrogen (secondary N) is 1. The third-order valence-corrected chi connectivity index (χ3v) is 2.42. The molecule has 0 aliphatic carbocycles.